The first-order valence-electron chi connectivity index (χ1n) is 8.17. The molecule has 3 rings (SSSR count). The molecule has 7 heteroatoms. The van der Waals surface area contributed by atoms with Crippen molar-refractivity contribution in [3.8, 4) is 16.3 Å². The number of thiophene rings is 1. The van der Waals surface area contributed by atoms with Gasteiger partial charge in [0.15, 0.2) is 5.69 Å². The van der Waals surface area contributed by atoms with Gasteiger partial charge in [0.2, 0.25) is 0 Å². The monoisotopic (exact) mass is 368 g/mol. The highest BCUT2D eigenvalue weighted by Gasteiger charge is 2.12. The number of amides is 1. The van der Waals surface area contributed by atoms with Crippen LogP contribution in [0.25, 0.3) is 16.3 Å². The number of hydrazine groups is 1. The van der Waals surface area contributed by atoms with Crippen molar-refractivity contribution in [1.82, 2.24) is 21.0 Å². The summed E-state index contributed by atoms with van der Waals surface area (Å²) >= 11 is 1.64. The van der Waals surface area contributed by atoms with E-state index in [0.717, 1.165) is 21.9 Å². The topological polar surface area (TPSA) is 79.0 Å². The highest BCUT2D eigenvalue weighted by atomic mass is 32.1. The van der Waals surface area contributed by atoms with Gasteiger partial charge in [-0.2, -0.15) is 5.10 Å². The molecule has 0 spiro atoms. The Balaban J connectivity index is 1.58. The Hall–Kier alpha value is -3.06. The number of hydrogen-bond acceptors (Lipinski definition) is 5. The van der Waals surface area contributed by atoms with Crippen molar-refractivity contribution >= 4 is 22.9 Å². The molecule has 134 valence electrons. The molecule has 0 aliphatic heterocycles. The maximum absolute atomic E-state index is 12.3. The van der Waals surface area contributed by atoms with Crippen molar-refractivity contribution in [3.05, 3.63) is 65.2 Å². The van der Waals surface area contributed by atoms with Gasteiger partial charge >= 0.3 is 0 Å². The molecule has 0 bridgehead atoms. The number of aromatic amines is 1. The number of H-pyrrole nitrogens is 1. The van der Waals surface area contributed by atoms with Gasteiger partial charge in [-0.25, -0.2) is 0 Å². The minimum absolute atomic E-state index is 0.304. The Morgan fingerprint density at radius 1 is 1.23 bits per heavy atom. The minimum Gasteiger partial charge on any atom is -0.494 e. The molecule has 2 heterocycles. The van der Waals surface area contributed by atoms with E-state index >= 15 is 0 Å². The van der Waals surface area contributed by atoms with Crippen molar-refractivity contribution in [2.24, 2.45) is 0 Å². The van der Waals surface area contributed by atoms with Crippen LogP contribution in [0.2, 0.25) is 0 Å². The van der Waals surface area contributed by atoms with Gasteiger partial charge in [-0.05, 0) is 61.9 Å². The fraction of sp³-hybridized carbons (Fsp3) is 0.158. The second kappa shape index (κ2) is 7.88. The van der Waals surface area contributed by atoms with Crippen LogP contribution in [0.1, 0.15) is 27.9 Å². The van der Waals surface area contributed by atoms with Crippen molar-refractivity contribution < 1.29 is 9.53 Å². The molecular formula is C19H20N4O2S. The van der Waals surface area contributed by atoms with Gasteiger partial charge in [-0.3, -0.25) is 20.7 Å². The van der Waals surface area contributed by atoms with E-state index < -0.39 is 0 Å². The first-order chi connectivity index (χ1) is 12.6. The maximum atomic E-state index is 12.3. The van der Waals surface area contributed by atoms with Crippen LogP contribution in [0.15, 0.2) is 49.0 Å². The third-order valence-electron chi connectivity index (χ3n) is 3.66. The second-order valence-electron chi connectivity index (χ2n) is 5.59. The predicted octanol–water partition coefficient (Wildman–Crippen LogP) is 3.75. The molecule has 0 saturated heterocycles. The first-order valence-corrected chi connectivity index (χ1v) is 8.99. The summed E-state index contributed by atoms with van der Waals surface area (Å²) in [6.45, 7) is 8.52. The summed E-state index contributed by atoms with van der Waals surface area (Å²) < 4.78 is 5.41. The average Bonchev–Trinajstić information content (AvgIpc) is 3.29. The molecular weight excluding hydrogens is 348 g/mol. The Bertz CT molecular complexity index is 912. The summed E-state index contributed by atoms with van der Waals surface area (Å²) in [6, 6.07) is 13.2. The summed E-state index contributed by atoms with van der Waals surface area (Å²) in [5, 5.41) is 6.96. The molecule has 6 nitrogen and oxygen atoms in total. The summed E-state index contributed by atoms with van der Waals surface area (Å²) in [4.78, 5) is 14.5. The molecule has 0 fully saturated rings. The zero-order chi connectivity index (χ0) is 18.5. The molecule has 26 heavy (non-hydrogen) atoms. The number of nitrogens with one attached hydrogen (secondary N) is 3. The molecule has 0 radical (unpaired) electrons. The molecule has 1 amide bonds. The largest absolute Gasteiger partial charge is 0.494 e. The number of benzene rings is 1. The highest BCUT2D eigenvalue weighted by Crippen LogP contribution is 2.26. The van der Waals surface area contributed by atoms with Gasteiger partial charge in [0, 0.05) is 4.88 Å². The number of carbonyl (C=O) groups excluding carboxylic acids is 1. The van der Waals surface area contributed by atoms with Crippen LogP contribution >= 0.6 is 11.3 Å². The Kier molecular flexibility index (Phi) is 5.38. The van der Waals surface area contributed by atoms with Crippen LogP contribution in [-0.2, 0) is 0 Å². The molecule has 1 aromatic carbocycles. The first kappa shape index (κ1) is 17.8. The normalized spacial score (nSPS) is 10.4. The lowest BCUT2D eigenvalue weighted by atomic mass is 10.2. The van der Waals surface area contributed by atoms with Crippen LogP contribution in [-0.4, -0.2) is 22.7 Å². The van der Waals surface area contributed by atoms with E-state index in [0.29, 0.717) is 18.0 Å². The SMILES string of the molecule is C=C(NNC(=O)c1cc(-c2ccc(C)s2)[nH]n1)c1ccc(OCC)cc1. The number of nitrogens with zero attached hydrogens (tertiary/aromatic N) is 1. The highest BCUT2D eigenvalue weighted by molar-refractivity contribution is 7.15. The predicted molar refractivity (Wildman–Crippen MR) is 104 cm³/mol. The number of aryl methyl sites for hydroxylation is 1. The zero-order valence-corrected chi connectivity index (χ0v) is 15.4. The van der Waals surface area contributed by atoms with Gasteiger partial charge in [0.1, 0.15) is 5.75 Å². The zero-order valence-electron chi connectivity index (χ0n) is 14.6. The molecule has 3 N–H and O–H groups in total. The number of aromatic nitrogens is 2. The van der Waals surface area contributed by atoms with Gasteiger partial charge in [-0.15, -0.1) is 11.3 Å². The average molecular weight is 368 g/mol. The van der Waals surface area contributed by atoms with E-state index in [9.17, 15) is 4.79 Å². The minimum atomic E-state index is -0.340. The van der Waals surface area contributed by atoms with E-state index in [1.807, 2.05) is 50.2 Å². The summed E-state index contributed by atoms with van der Waals surface area (Å²) in [6.07, 6.45) is 0. The lowest BCUT2D eigenvalue weighted by molar-refractivity contribution is 0.0937. The molecule has 0 unspecified atom stereocenters. The van der Waals surface area contributed by atoms with Crippen molar-refractivity contribution in [3.63, 3.8) is 0 Å². The second-order valence-corrected chi connectivity index (χ2v) is 6.88. The van der Waals surface area contributed by atoms with E-state index in [4.69, 9.17) is 4.74 Å². The number of rotatable bonds is 7. The molecule has 0 aliphatic rings. The van der Waals surface area contributed by atoms with Crippen LogP contribution in [0.3, 0.4) is 0 Å². The van der Waals surface area contributed by atoms with E-state index in [2.05, 4.69) is 27.6 Å². The Morgan fingerprint density at radius 3 is 2.65 bits per heavy atom. The Morgan fingerprint density at radius 2 is 2.00 bits per heavy atom. The van der Waals surface area contributed by atoms with E-state index in [1.54, 1.807) is 17.4 Å². The lowest BCUT2D eigenvalue weighted by Crippen LogP contribution is -2.36. The third-order valence-corrected chi connectivity index (χ3v) is 4.69. The molecule has 3 aromatic rings. The van der Waals surface area contributed by atoms with Crippen molar-refractivity contribution in [2.45, 2.75) is 13.8 Å². The van der Waals surface area contributed by atoms with Crippen molar-refractivity contribution in [1.29, 1.82) is 0 Å². The molecule has 0 aliphatic carbocycles. The lowest BCUT2D eigenvalue weighted by Gasteiger charge is -2.11. The van der Waals surface area contributed by atoms with Crippen LogP contribution in [0, 0.1) is 6.92 Å². The molecule has 0 saturated carbocycles. The number of carbonyl (C=O) groups is 1. The maximum Gasteiger partial charge on any atom is 0.290 e. The van der Waals surface area contributed by atoms with Crippen LogP contribution in [0.5, 0.6) is 5.75 Å². The van der Waals surface area contributed by atoms with Gasteiger partial charge in [0.05, 0.1) is 22.9 Å². The van der Waals surface area contributed by atoms with Gasteiger partial charge < -0.3 is 4.74 Å². The Labute approximate surface area is 155 Å². The molecule has 2 aromatic heterocycles. The summed E-state index contributed by atoms with van der Waals surface area (Å²) in [5.74, 6) is 0.453. The quantitative estimate of drug-likeness (QED) is 0.555. The molecule has 0 atom stereocenters. The van der Waals surface area contributed by atoms with Crippen LogP contribution in [0.4, 0.5) is 0 Å². The summed E-state index contributed by atoms with van der Waals surface area (Å²) in [7, 11) is 0. The van der Waals surface area contributed by atoms with Crippen molar-refractivity contribution in [2.75, 3.05) is 6.61 Å². The number of ether oxygens (including phenoxy) is 1. The van der Waals surface area contributed by atoms with Gasteiger partial charge in [-0.1, -0.05) is 6.58 Å². The van der Waals surface area contributed by atoms with E-state index in [1.165, 1.54) is 4.88 Å². The van der Waals surface area contributed by atoms with Crippen LogP contribution < -0.4 is 15.6 Å². The van der Waals surface area contributed by atoms with Gasteiger partial charge in [0.25, 0.3) is 5.91 Å². The standard InChI is InChI=1S/C19H20N4O2S/c1-4-25-15-8-6-14(7-9-15)13(3)20-23-19(24)17-11-16(21-22-17)18-10-5-12(2)26-18/h5-11,20H,3-4H2,1-2H3,(H,21,22)(H,23,24). The summed E-state index contributed by atoms with van der Waals surface area (Å²) in [5.41, 5.74) is 7.97. The third kappa shape index (κ3) is 4.12. The van der Waals surface area contributed by atoms with E-state index in [-0.39, 0.29) is 5.91 Å². The fourth-order valence-electron chi connectivity index (χ4n) is 2.33. The number of hydrogen-bond donors (Lipinski definition) is 3. The fourth-order valence-corrected chi connectivity index (χ4v) is 3.16. The smallest absolute Gasteiger partial charge is 0.290 e.